The number of amides is 1. The maximum absolute atomic E-state index is 13.0. The van der Waals surface area contributed by atoms with E-state index in [1.807, 2.05) is 29.2 Å². The molecule has 1 fully saturated rings. The van der Waals surface area contributed by atoms with Crippen molar-refractivity contribution in [2.45, 2.75) is 19.8 Å². The molecule has 3 aromatic rings. The number of benzene rings is 2. The van der Waals surface area contributed by atoms with E-state index < -0.39 is 0 Å². The van der Waals surface area contributed by atoms with Crippen molar-refractivity contribution in [3.8, 4) is 0 Å². The van der Waals surface area contributed by atoms with Crippen molar-refractivity contribution < 1.29 is 9.18 Å². The highest BCUT2D eigenvalue weighted by atomic mass is 19.1. The largest absolute Gasteiger partial charge is 0.340 e. The molecular weight excluding hydrogens is 381 g/mol. The summed E-state index contributed by atoms with van der Waals surface area (Å²) in [6.45, 7) is 3.83. The van der Waals surface area contributed by atoms with E-state index >= 15 is 0 Å². The van der Waals surface area contributed by atoms with Gasteiger partial charge in [0, 0.05) is 36.2 Å². The average Bonchev–Trinajstić information content (AvgIpc) is 2.76. The lowest BCUT2D eigenvalue weighted by atomic mass is 9.99. The smallest absolute Gasteiger partial charge is 0.253 e. The quantitative estimate of drug-likeness (QED) is 0.627. The number of nitrogens with one attached hydrogen (secondary N) is 2. The van der Waals surface area contributed by atoms with Gasteiger partial charge >= 0.3 is 0 Å². The molecule has 7 heteroatoms. The Labute approximate surface area is 175 Å². The Kier molecular flexibility index (Phi) is 5.88. The fourth-order valence-corrected chi connectivity index (χ4v) is 3.55. The molecule has 1 amide bonds. The van der Waals surface area contributed by atoms with Crippen molar-refractivity contribution in [2.24, 2.45) is 5.92 Å². The van der Waals surface area contributed by atoms with Gasteiger partial charge in [-0.25, -0.2) is 9.37 Å². The summed E-state index contributed by atoms with van der Waals surface area (Å²) < 4.78 is 13.0. The van der Waals surface area contributed by atoms with Gasteiger partial charge in [-0.1, -0.05) is 6.92 Å². The Morgan fingerprint density at radius 1 is 1.03 bits per heavy atom. The fourth-order valence-electron chi connectivity index (χ4n) is 3.55. The summed E-state index contributed by atoms with van der Waals surface area (Å²) in [6, 6.07) is 15.1. The van der Waals surface area contributed by atoms with Crippen LogP contribution >= 0.6 is 0 Å². The van der Waals surface area contributed by atoms with Crippen molar-refractivity contribution in [1.82, 2.24) is 14.9 Å². The zero-order chi connectivity index (χ0) is 20.9. The van der Waals surface area contributed by atoms with Gasteiger partial charge in [0.05, 0.1) is 0 Å². The van der Waals surface area contributed by atoms with Crippen molar-refractivity contribution in [1.29, 1.82) is 0 Å². The Bertz CT molecular complexity index is 1010. The fraction of sp³-hybridized carbons (Fsp3) is 0.261. The summed E-state index contributed by atoms with van der Waals surface area (Å²) in [5, 5.41) is 6.26. The molecule has 0 bridgehead atoms. The lowest BCUT2D eigenvalue weighted by Gasteiger charge is -2.31. The molecule has 6 nitrogen and oxygen atoms in total. The van der Waals surface area contributed by atoms with Crippen molar-refractivity contribution >= 4 is 29.0 Å². The lowest BCUT2D eigenvalue weighted by molar-refractivity contribution is 0.0683. The minimum absolute atomic E-state index is 0.0786. The first-order chi connectivity index (χ1) is 14.6. The van der Waals surface area contributed by atoms with Gasteiger partial charge in [0.25, 0.3) is 5.91 Å². The van der Waals surface area contributed by atoms with E-state index in [2.05, 4.69) is 27.5 Å². The number of carbonyl (C=O) groups is 1. The number of rotatable bonds is 5. The van der Waals surface area contributed by atoms with Gasteiger partial charge in [-0.05, 0) is 73.4 Å². The van der Waals surface area contributed by atoms with E-state index in [9.17, 15) is 9.18 Å². The molecule has 2 heterocycles. The Morgan fingerprint density at radius 2 is 1.73 bits per heavy atom. The van der Waals surface area contributed by atoms with E-state index in [1.54, 1.807) is 24.4 Å². The van der Waals surface area contributed by atoms with Crippen molar-refractivity contribution in [2.75, 3.05) is 23.7 Å². The number of nitrogens with zero attached hydrogens (tertiary/aromatic N) is 3. The van der Waals surface area contributed by atoms with Gasteiger partial charge < -0.3 is 15.5 Å². The second-order valence-corrected chi connectivity index (χ2v) is 7.60. The first-order valence-electron chi connectivity index (χ1n) is 10.1. The second kappa shape index (κ2) is 8.90. The van der Waals surface area contributed by atoms with Gasteiger partial charge in [-0.2, -0.15) is 4.98 Å². The van der Waals surface area contributed by atoms with Crippen LogP contribution in [0, 0.1) is 11.7 Å². The number of hydrogen-bond donors (Lipinski definition) is 2. The molecule has 0 aliphatic carbocycles. The third-order valence-electron chi connectivity index (χ3n) is 5.10. The minimum atomic E-state index is -0.290. The molecule has 0 saturated carbocycles. The van der Waals surface area contributed by atoms with Crippen LogP contribution in [-0.4, -0.2) is 33.9 Å². The molecule has 1 aromatic heterocycles. The SMILES string of the molecule is CC1CCCN(C(=O)c2ccc(Nc3nccc(Nc4ccc(F)cc4)n3)cc2)C1. The predicted octanol–water partition coefficient (Wildman–Crippen LogP) is 4.98. The molecule has 0 spiro atoms. The van der Waals surface area contributed by atoms with Crippen LogP contribution in [0.5, 0.6) is 0 Å². The molecule has 4 rings (SSSR count). The highest BCUT2D eigenvalue weighted by Gasteiger charge is 2.21. The standard InChI is InChI=1S/C23H24FN5O/c1-16-3-2-14-29(15-16)22(30)17-4-8-20(9-5-17)27-23-25-13-12-21(28-23)26-19-10-6-18(24)7-11-19/h4-13,16H,2-3,14-15H2,1H3,(H2,25,26,27,28). The van der Waals surface area contributed by atoms with Crippen LogP contribution in [0.2, 0.25) is 0 Å². The number of halogens is 1. The number of piperidine rings is 1. The van der Waals surface area contributed by atoms with Crippen LogP contribution in [0.25, 0.3) is 0 Å². The van der Waals surface area contributed by atoms with Crippen molar-refractivity contribution in [3.63, 3.8) is 0 Å². The number of likely N-dealkylation sites (tertiary alicyclic amines) is 1. The summed E-state index contributed by atoms with van der Waals surface area (Å²) in [4.78, 5) is 23.3. The summed E-state index contributed by atoms with van der Waals surface area (Å²) in [5.41, 5.74) is 2.20. The van der Waals surface area contributed by atoms with E-state index in [4.69, 9.17) is 0 Å². The van der Waals surface area contributed by atoms with E-state index in [-0.39, 0.29) is 11.7 Å². The number of anilines is 4. The van der Waals surface area contributed by atoms with Gasteiger partial charge in [-0.3, -0.25) is 4.79 Å². The minimum Gasteiger partial charge on any atom is -0.340 e. The zero-order valence-corrected chi connectivity index (χ0v) is 16.8. The monoisotopic (exact) mass is 405 g/mol. The topological polar surface area (TPSA) is 70.2 Å². The van der Waals surface area contributed by atoms with Crippen LogP contribution in [0.1, 0.15) is 30.1 Å². The summed E-state index contributed by atoms with van der Waals surface area (Å²) in [6.07, 6.45) is 3.88. The molecular formula is C23H24FN5O. The van der Waals surface area contributed by atoms with E-state index in [0.717, 1.165) is 30.9 Å². The normalized spacial score (nSPS) is 16.2. The van der Waals surface area contributed by atoms with Crippen LogP contribution in [0.3, 0.4) is 0 Å². The van der Waals surface area contributed by atoms with E-state index in [0.29, 0.717) is 23.2 Å². The Balaban J connectivity index is 1.40. The van der Waals surface area contributed by atoms with Crippen LogP contribution in [0.4, 0.5) is 27.5 Å². The summed E-state index contributed by atoms with van der Waals surface area (Å²) in [5.74, 6) is 1.35. The molecule has 1 aliphatic rings. The summed E-state index contributed by atoms with van der Waals surface area (Å²) in [7, 11) is 0. The van der Waals surface area contributed by atoms with Gasteiger partial charge in [0.1, 0.15) is 11.6 Å². The Hall–Kier alpha value is -3.48. The van der Waals surface area contributed by atoms with Crippen LogP contribution in [0.15, 0.2) is 60.8 Å². The molecule has 1 saturated heterocycles. The molecule has 2 N–H and O–H groups in total. The molecule has 1 aliphatic heterocycles. The number of hydrogen-bond acceptors (Lipinski definition) is 5. The average molecular weight is 405 g/mol. The highest BCUT2D eigenvalue weighted by molar-refractivity contribution is 5.94. The third-order valence-corrected chi connectivity index (χ3v) is 5.10. The summed E-state index contributed by atoms with van der Waals surface area (Å²) >= 11 is 0. The molecule has 1 atom stereocenters. The zero-order valence-electron chi connectivity index (χ0n) is 16.8. The van der Waals surface area contributed by atoms with Crippen molar-refractivity contribution in [3.05, 3.63) is 72.2 Å². The first-order valence-corrected chi connectivity index (χ1v) is 10.1. The molecule has 1 unspecified atom stereocenters. The number of carbonyl (C=O) groups excluding carboxylic acids is 1. The first kappa shape index (κ1) is 19.8. The van der Waals surface area contributed by atoms with Gasteiger partial charge in [-0.15, -0.1) is 0 Å². The van der Waals surface area contributed by atoms with E-state index in [1.165, 1.54) is 18.6 Å². The van der Waals surface area contributed by atoms with Gasteiger partial charge in [0.15, 0.2) is 0 Å². The van der Waals surface area contributed by atoms with Gasteiger partial charge in [0.2, 0.25) is 5.95 Å². The van der Waals surface area contributed by atoms with Crippen LogP contribution < -0.4 is 10.6 Å². The predicted molar refractivity (Wildman–Crippen MR) is 116 cm³/mol. The van der Waals surface area contributed by atoms with Crippen LogP contribution in [-0.2, 0) is 0 Å². The maximum atomic E-state index is 13.0. The molecule has 30 heavy (non-hydrogen) atoms. The Morgan fingerprint density at radius 3 is 2.47 bits per heavy atom. The third kappa shape index (κ3) is 4.92. The number of aromatic nitrogens is 2. The molecule has 0 radical (unpaired) electrons. The lowest BCUT2D eigenvalue weighted by Crippen LogP contribution is -2.39. The molecule has 2 aromatic carbocycles. The molecule has 154 valence electrons. The maximum Gasteiger partial charge on any atom is 0.253 e. The second-order valence-electron chi connectivity index (χ2n) is 7.60. The highest BCUT2D eigenvalue weighted by Crippen LogP contribution is 2.21.